The Labute approximate surface area is 98.4 Å². The van der Waals surface area contributed by atoms with E-state index in [4.69, 9.17) is 0 Å². The van der Waals surface area contributed by atoms with Crippen molar-refractivity contribution in [1.29, 1.82) is 0 Å². The highest BCUT2D eigenvalue weighted by atomic mass is 16.2. The molecule has 0 aromatic heterocycles. The summed E-state index contributed by atoms with van der Waals surface area (Å²) in [5.41, 5.74) is -0.119. The van der Waals surface area contributed by atoms with Gasteiger partial charge in [-0.2, -0.15) is 0 Å². The molecule has 1 heterocycles. The molecule has 2 aliphatic rings. The zero-order valence-corrected chi connectivity index (χ0v) is 10.7. The summed E-state index contributed by atoms with van der Waals surface area (Å²) >= 11 is 0. The molecule has 1 amide bonds. The molecule has 0 spiro atoms. The van der Waals surface area contributed by atoms with E-state index in [9.17, 15) is 4.79 Å². The van der Waals surface area contributed by atoms with Gasteiger partial charge in [-0.25, -0.2) is 0 Å². The highest BCUT2D eigenvalue weighted by molar-refractivity contribution is 5.82. The van der Waals surface area contributed by atoms with Gasteiger partial charge in [0.2, 0.25) is 5.91 Å². The Balaban J connectivity index is 1.90. The maximum Gasteiger partial charge on any atom is 0.237 e. The largest absolute Gasteiger partial charge is 0.350 e. The Hall–Kier alpha value is -0.570. The van der Waals surface area contributed by atoms with Crippen LogP contribution in [0.2, 0.25) is 0 Å². The number of amides is 1. The number of nitrogens with one attached hydrogen (secondary N) is 2. The van der Waals surface area contributed by atoms with Crippen LogP contribution in [-0.4, -0.2) is 23.5 Å². The number of carbonyl (C=O) groups is 1. The van der Waals surface area contributed by atoms with E-state index in [-0.39, 0.29) is 17.5 Å². The molecule has 2 fully saturated rings. The standard InChI is InChI=1S/C13H24N2O/c1-13(2,3)15-12(16)11-8-9-6-4-5-7-10(9)14-11/h9-11,14H,4-8H2,1-3H3,(H,15,16). The molecule has 1 aliphatic carbocycles. The first kappa shape index (κ1) is 11.9. The Morgan fingerprint density at radius 1 is 1.25 bits per heavy atom. The third kappa shape index (κ3) is 2.76. The first-order chi connectivity index (χ1) is 7.46. The van der Waals surface area contributed by atoms with Crippen LogP contribution in [0, 0.1) is 5.92 Å². The van der Waals surface area contributed by atoms with Gasteiger partial charge in [-0.05, 0) is 46.0 Å². The number of rotatable bonds is 1. The molecule has 3 heteroatoms. The van der Waals surface area contributed by atoms with Crippen molar-refractivity contribution < 1.29 is 4.79 Å². The summed E-state index contributed by atoms with van der Waals surface area (Å²) < 4.78 is 0. The highest BCUT2D eigenvalue weighted by Gasteiger charge is 2.38. The van der Waals surface area contributed by atoms with Crippen molar-refractivity contribution in [2.45, 2.75) is 70.5 Å². The van der Waals surface area contributed by atoms with Gasteiger partial charge in [0, 0.05) is 11.6 Å². The smallest absolute Gasteiger partial charge is 0.237 e. The molecule has 3 unspecified atom stereocenters. The summed E-state index contributed by atoms with van der Waals surface area (Å²) in [4.78, 5) is 12.0. The second-order valence-corrected chi connectivity index (χ2v) is 6.35. The lowest BCUT2D eigenvalue weighted by Crippen LogP contribution is -2.49. The molecule has 16 heavy (non-hydrogen) atoms. The zero-order chi connectivity index (χ0) is 11.8. The lowest BCUT2D eigenvalue weighted by molar-refractivity contribution is -0.124. The van der Waals surface area contributed by atoms with E-state index in [1.54, 1.807) is 0 Å². The monoisotopic (exact) mass is 224 g/mol. The summed E-state index contributed by atoms with van der Waals surface area (Å²) in [7, 11) is 0. The molecule has 1 saturated carbocycles. The van der Waals surface area contributed by atoms with E-state index in [0.717, 1.165) is 12.3 Å². The van der Waals surface area contributed by atoms with Crippen LogP contribution in [0.15, 0.2) is 0 Å². The molecule has 1 aliphatic heterocycles. The molecular formula is C13H24N2O. The fourth-order valence-electron chi connectivity index (χ4n) is 2.98. The van der Waals surface area contributed by atoms with Crippen LogP contribution in [0.5, 0.6) is 0 Å². The summed E-state index contributed by atoms with van der Waals surface area (Å²) in [5, 5.41) is 6.57. The van der Waals surface area contributed by atoms with Crippen molar-refractivity contribution in [3.05, 3.63) is 0 Å². The molecule has 2 N–H and O–H groups in total. The van der Waals surface area contributed by atoms with Crippen molar-refractivity contribution in [1.82, 2.24) is 10.6 Å². The third-order valence-electron chi connectivity index (χ3n) is 3.68. The van der Waals surface area contributed by atoms with E-state index in [1.165, 1.54) is 25.7 Å². The van der Waals surface area contributed by atoms with E-state index in [0.29, 0.717) is 6.04 Å². The molecule has 3 nitrogen and oxygen atoms in total. The van der Waals surface area contributed by atoms with Crippen molar-refractivity contribution >= 4 is 5.91 Å². The zero-order valence-electron chi connectivity index (χ0n) is 10.7. The molecule has 0 bridgehead atoms. The van der Waals surface area contributed by atoms with Crippen molar-refractivity contribution in [2.24, 2.45) is 5.92 Å². The predicted molar refractivity (Wildman–Crippen MR) is 65.2 cm³/mol. The number of hydrogen-bond donors (Lipinski definition) is 2. The Kier molecular flexibility index (Phi) is 3.24. The summed E-state index contributed by atoms with van der Waals surface area (Å²) in [6.07, 6.45) is 6.26. The average molecular weight is 224 g/mol. The van der Waals surface area contributed by atoms with Crippen LogP contribution < -0.4 is 10.6 Å². The van der Waals surface area contributed by atoms with Crippen LogP contribution in [0.3, 0.4) is 0 Å². The summed E-state index contributed by atoms with van der Waals surface area (Å²) in [6, 6.07) is 0.650. The van der Waals surface area contributed by atoms with Gasteiger partial charge in [-0.3, -0.25) is 4.79 Å². The fourth-order valence-corrected chi connectivity index (χ4v) is 2.98. The lowest BCUT2D eigenvalue weighted by atomic mass is 9.85. The summed E-state index contributed by atoms with van der Waals surface area (Å²) in [6.45, 7) is 6.10. The van der Waals surface area contributed by atoms with Gasteiger partial charge in [0.05, 0.1) is 6.04 Å². The van der Waals surface area contributed by atoms with E-state index in [2.05, 4.69) is 10.6 Å². The maximum absolute atomic E-state index is 12.0. The molecule has 0 aromatic carbocycles. The molecule has 92 valence electrons. The summed E-state index contributed by atoms with van der Waals surface area (Å²) in [5.74, 6) is 0.923. The number of carbonyl (C=O) groups excluding carboxylic acids is 1. The quantitative estimate of drug-likeness (QED) is 0.713. The molecule has 0 aromatic rings. The van der Waals surface area contributed by atoms with Gasteiger partial charge in [0.25, 0.3) is 0 Å². The van der Waals surface area contributed by atoms with Crippen LogP contribution >= 0.6 is 0 Å². The first-order valence-electron chi connectivity index (χ1n) is 6.54. The fraction of sp³-hybridized carbons (Fsp3) is 0.923. The van der Waals surface area contributed by atoms with Gasteiger partial charge in [-0.1, -0.05) is 12.8 Å². The number of hydrogen-bond acceptors (Lipinski definition) is 2. The normalized spacial score (nSPS) is 34.6. The molecule has 0 radical (unpaired) electrons. The maximum atomic E-state index is 12.0. The van der Waals surface area contributed by atoms with Gasteiger partial charge >= 0.3 is 0 Å². The highest BCUT2D eigenvalue weighted by Crippen LogP contribution is 2.33. The minimum Gasteiger partial charge on any atom is -0.350 e. The van der Waals surface area contributed by atoms with Gasteiger partial charge in [0.15, 0.2) is 0 Å². The van der Waals surface area contributed by atoms with Gasteiger partial charge in [-0.15, -0.1) is 0 Å². The van der Waals surface area contributed by atoms with E-state index >= 15 is 0 Å². The van der Waals surface area contributed by atoms with Crippen LogP contribution in [0.4, 0.5) is 0 Å². The van der Waals surface area contributed by atoms with Crippen LogP contribution in [0.25, 0.3) is 0 Å². The molecule has 3 atom stereocenters. The van der Waals surface area contributed by atoms with Crippen molar-refractivity contribution in [2.75, 3.05) is 0 Å². The average Bonchev–Trinajstić information content (AvgIpc) is 2.58. The Morgan fingerprint density at radius 3 is 2.56 bits per heavy atom. The second kappa shape index (κ2) is 4.36. The van der Waals surface area contributed by atoms with Crippen molar-refractivity contribution in [3.8, 4) is 0 Å². The topological polar surface area (TPSA) is 41.1 Å². The Bertz CT molecular complexity index is 256. The number of fused-ring (bicyclic) bond motifs is 1. The van der Waals surface area contributed by atoms with Gasteiger partial charge in [0.1, 0.15) is 0 Å². The van der Waals surface area contributed by atoms with Crippen LogP contribution in [0.1, 0.15) is 52.9 Å². The van der Waals surface area contributed by atoms with Gasteiger partial charge < -0.3 is 10.6 Å². The first-order valence-corrected chi connectivity index (χ1v) is 6.54. The second-order valence-electron chi connectivity index (χ2n) is 6.35. The van der Waals surface area contributed by atoms with Crippen molar-refractivity contribution in [3.63, 3.8) is 0 Å². The Morgan fingerprint density at radius 2 is 1.94 bits per heavy atom. The predicted octanol–water partition coefficient (Wildman–Crippen LogP) is 1.82. The molecule has 1 saturated heterocycles. The molecular weight excluding hydrogens is 200 g/mol. The molecule has 2 rings (SSSR count). The van der Waals surface area contributed by atoms with Crippen LogP contribution in [-0.2, 0) is 4.79 Å². The SMILES string of the molecule is CC(C)(C)NC(=O)C1CC2CCCCC2N1. The third-order valence-corrected chi connectivity index (χ3v) is 3.68. The van der Waals surface area contributed by atoms with E-state index in [1.807, 2.05) is 20.8 Å². The minimum atomic E-state index is -0.119. The van der Waals surface area contributed by atoms with E-state index < -0.39 is 0 Å². The lowest BCUT2D eigenvalue weighted by Gasteiger charge is -2.24. The minimum absolute atomic E-state index is 0.0484.